The number of aromatic nitrogens is 2. The van der Waals surface area contributed by atoms with E-state index in [1.807, 2.05) is 36.4 Å². The van der Waals surface area contributed by atoms with Gasteiger partial charge in [-0.1, -0.05) is 12.1 Å². The first-order valence-corrected chi connectivity index (χ1v) is 14.2. The Hall–Kier alpha value is -2.26. The van der Waals surface area contributed by atoms with E-state index in [2.05, 4.69) is 23.4 Å². The molecule has 2 heterocycles. The van der Waals surface area contributed by atoms with E-state index in [1.54, 1.807) is 24.3 Å². The molecule has 0 spiro atoms. The zero-order valence-corrected chi connectivity index (χ0v) is 18.8. The molecular weight excluding hydrogens is 596 g/mol. The van der Waals surface area contributed by atoms with E-state index in [0.717, 1.165) is 33.9 Å². The van der Waals surface area contributed by atoms with Crippen LogP contribution in [-0.4, -0.2) is 9.97 Å². The van der Waals surface area contributed by atoms with Gasteiger partial charge in [-0.05, 0) is 72.8 Å². The van der Waals surface area contributed by atoms with E-state index >= 15 is 0 Å². The van der Waals surface area contributed by atoms with Gasteiger partial charge in [-0.15, -0.1) is 0 Å². The summed E-state index contributed by atoms with van der Waals surface area (Å²) in [6.45, 7) is 0. The standard InChI is InChI=1S/C22H14F2N2.BrH.Re/c23-17-11-7-15(8-12-17)19-3-1-5-21(25-19)22-6-2-4-20(26-22)16-9-13-18(24)14-10-16;;/h1-14H;1H;/q;;+1/p-1. The second-order valence-electron chi connectivity index (χ2n) is 5.83. The molecule has 0 N–H and O–H groups in total. The fraction of sp³-hybridized carbons (Fsp3) is 0. The van der Waals surface area contributed by atoms with Gasteiger partial charge in [0.1, 0.15) is 11.6 Å². The predicted octanol–water partition coefficient (Wildman–Crippen LogP) is 6.60. The SMILES string of the molecule is Fc1ccc(-c2cccc(-c3cccc(-c4ccc(F)cc4)n3)n2)cc1.[Br][Re]. The first kappa shape index (κ1) is 20.5. The van der Waals surface area contributed by atoms with Crippen molar-refractivity contribution in [3.63, 3.8) is 0 Å². The molecule has 2 aromatic heterocycles. The van der Waals surface area contributed by atoms with Crippen LogP contribution >= 0.6 is 13.4 Å². The zero-order valence-electron chi connectivity index (χ0n) is 14.5. The van der Waals surface area contributed by atoms with Gasteiger partial charge in [-0.2, -0.15) is 0 Å². The summed E-state index contributed by atoms with van der Waals surface area (Å²) < 4.78 is 26.2. The van der Waals surface area contributed by atoms with Crippen molar-refractivity contribution >= 4 is 13.4 Å². The molecule has 0 atom stereocenters. The van der Waals surface area contributed by atoms with Gasteiger partial charge in [0.25, 0.3) is 0 Å². The van der Waals surface area contributed by atoms with Gasteiger partial charge in [0.05, 0.1) is 22.8 Å². The number of halogens is 3. The molecule has 0 unspecified atom stereocenters. The van der Waals surface area contributed by atoms with E-state index in [9.17, 15) is 8.78 Å². The van der Waals surface area contributed by atoms with Crippen LogP contribution in [0.4, 0.5) is 8.78 Å². The van der Waals surface area contributed by atoms with Gasteiger partial charge < -0.3 is 0 Å². The molecule has 2 aromatic carbocycles. The van der Waals surface area contributed by atoms with Crippen molar-refractivity contribution in [3.8, 4) is 33.9 Å². The normalized spacial score (nSPS) is 10.1. The topological polar surface area (TPSA) is 25.8 Å². The molecule has 0 aliphatic rings. The third-order valence-electron chi connectivity index (χ3n) is 4.04. The van der Waals surface area contributed by atoms with Crippen molar-refractivity contribution in [2.24, 2.45) is 0 Å². The molecule has 0 fully saturated rings. The molecule has 140 valence electrons. The maximum absolute atomic E-state index is 13.1. The van der Waals surface area contributed by atoms with Crippen LogP contribution in [0, 0.1) is 11.6 Å². The second kappa shape index (κ2) is 9.79. The Balaban J connectivity index is 0.00000109. The van der Waals surface area contributed by atoms with Crippen LogP contribution < -0.4 is 0 Å². The van der Waals surface area contributed by atoms with E-state index in [4.69, 9.17) is 0 Å². The fourth-order valence-corrected chi connectivity index (χ4v) is 2.72. The van der Waals surface area contributed by atoms with Gasteiger partial charge in [-0.25, -0.2) is 18.7 Å². The van der Waals surface area contributed by atoms with E-state index in [1.165, 1.54) is 41.4 Å². The third-order valence-corrected chi connectivity index (χ3v) is 4.04. The molecule has 0 amide bonds. The van der Waals surface area contributed by atoms with Crippen molar-refractivity contribution in [3.05, 3.63) is 96.6 Å². The van der Waals surface area contributed by atoms with Gasteiger partial charge in [0.15, 0.2) is 0 Å². The molecule has 0 radical (unpaired) electrons. The summed E-state index contributed by atoms with van der Waals surface area (Å²) in [6.07, 6.45) is 0. The number of hydrogen-bond donors (Lipinski definition) is 0. The van der Waals surface area contributed by atoms with Crippen LogP contribution in [0.25, 0.3) is 33.9 Å². The van der Waals surface area contributed by atoms with Crippen molar-refractivity contribution in [1.82, 2.24) is 9.97 Å². The van der Waals surface area contributed by atoms with Crippen LogP contribution in [0.2, 0.25) is 0 Å². The van der Waals surface area contributed by atoms with Crippen LogP contribution in [0.3, 0.4) is 0 Å². The Labute approximate surface area is 179 Å². The molecule has 0 bridgehead atoms. The molecule has 2 nitrogen and oxygen atoms in total. The first-order chi connectivity index (χ1) is 13.7. The number of hydrogen-bond acceptors (Lipinski definition) is 2. The summed E-state index contributed by atoms with van der Waals surface area (Å²) in [5.74, 6) is -0.558. The summed E-state index contributed by atoms with van der Waals surface area (Å²) in [6, 6.07) is 23.7. The summed E-state index contributed by atoms with van der Waals surface area (Å²) in [4.78, 5) is 9.29. The van der Waals surface area contributed by atoms with Gasteiger partial charge >= 0.3 is 30.6 Å². The zero-order chi connectivity index (χ0) is 19.9. The fourth-order valence-electron chi connectivity index (χ4n) is 2.72. The number of pyridine rings is 2. The molecular formula is C22H14BrF2N2Re. The van der Waals surface area contributed by atoms with E-state index < -0.39 is 0 Å². The number of nitrogens with zero attached hydrogens (tertiary/aromatic N) is 2. The van der Waals surface area contributed by atoms with Crippen molar-refractivity contribution < 1.29 is 26.0 Å². The maximum atomic E-state index is 13.1. The molecule has 0 saturated heterocycles. The second-order valence-corrected chi connectivity index (χ2v) is 5.83. The van der Waals surface area contributed by atoms with Gasteiger partial charge in [0, 0.05) is 11.1 Å². The first-order valence-electron chi connectivity index (χ1n) is 8.30. The van der Waals surface area contributed by atoms with Crippen LogP contribution in [0.5, 0.6) is 0 Å². The predicted molar refractivity (Wildman–Crippen MR) is 107 cm³/mol. The van der Waals surface area contributed by atoms with Crippen LogP contribution in [0.15, 0.2) is 84.9 Å². The molecule has 0 aliphatic heterocycles. The molecule has 28 heavy (non-hydrogen) atoms. The van der Waals surface area contributed by atoms with Crippen molar-refractivity contribution in [2.75, 3.05) is 0 Å². The molecule has 4 rings (SSSR count). The average molecular weight is 610 g/mol. The Morgan fingerprint density at radius 3 is 1.18 bits per heavy atom. The van der Waals surface area contributed by atoms with E-state index in [-0.39, 0.29) is 11.6 Å². The molecule has 4 aromatic rings. The summed E-state index contributed by atoms with van der Waals surface area (Å²) >= 11 is 4.53. The van der Waals surface area contributed by atoms with Crippen LogP contribution in [0.1, 0.15) is 0 Å². The average Bonchev–Trinajstić information content (AvgIpc) is 2.76. The summed E-state index contributed by atoms with van der Waals surface area (Å²) in [5, 5.41) is 0. The van der Waals surface area contributed by atoms with Crippen molar-refractivity contribution in [2.45, 2.75) is 0 Å². The van der Waals surface area contributed by atoms with Crippen LogP contribution in [-0.2, 0) is 17.2 Å². The summed E-state index contributed by atoms with van der Waals surface area (Å²) in [7, 11) is 0. The summed E-state index contributed by atoms with van der Waals surface area (Å²) in [5.41, 5.74) is 4.60. The number of benzene rings is 2. The van der Waals surface area contributed by atoms with Gasteiger partial charge in [-0.3, -0.25) is 0 Å². The van der Waals surface area contributed by atoms with Gasteiger partial charge in [0.2, 0.25) is 0 Å². The Kier molecular flexibility index (Phi) is 7.16. The minimum atomic E-state index is -0.279. The third kappa shape index (κ3) is 4.96. The van der Waals surface area contributed by atoms with E-state index in [0.29, 0.717) is 0 Å². The number of rotatable bonds is 3. The quantitative estimate of drug-likeness (QED) is 0.262. The Morgan fingerprint density at radius 2 is 0.821 bits per heavy atom. The minimum absolute atomic E-state index is 0.279. The Morgan fingerprint density at radius 1 is 0.500 bits per heavy atom. The van der Waals surface area contributed by atoms with Crippen molar-refractivity contribution in [1.29, 1.82) is 0 Å². The Bertz CT molecular complexity index is 968. The molecule has 0 aliphatic carbocycles. The molecule has 0 saturated carbocycles. The molecule has 6 heteroatoms. The monoisotopic (exact) mass is 610 g/mol.